The minimum absolute atomic E-state index is 0.0205. The highest BCUT2D eigenvalue weighted by Crippen LogP contribution is 2.19. The number of carbonyl (C=O) groups is 1. The van der Waals surface area contributed by atoms with Gasteiger partial charge in [0.25, 0.3) is 5.91 Å². The number of nitrogens with one attached hydrogen (secondary N) is 2. The fraction of sp³-hybridized carbons (Fsp3) is 0.176. The molecule has 0 unspecified atom stereocenters. The molecule has 1 heterocycles. The summed E-state index contributed by atoms with van der Waals surface area (Å²) < 4.78 is 5.57. The molecular weight excluding hydrogens is 278 g/mol. The quantitative estimate of drug-likeness (QED) is 0.776. The largest absolute Gasteiger partial charge is 0.483 e. The summed E-state index contributed by atoms with van der Waals surface area (Å²) in [5, 5.41) is 10.6. The van der Waals surface area contributed by atoms with Crippen LogP contribution in [0.1, 0.15) is 11.1 Å². The molecule has 1 amide bonds. The Labute approximate surface area is 128 Å². The minimum Gasteiger partial charge on any atom is -0.483 e. The number of hydrogen-bond acceptors (Lipinski definition) is 3. The van der Waals surface area contributed by atoms with Gasteiger partial charge in [0, 0.05) is 11.1 Å². The summed E-state index contributed by atoms with van der Waals surface area (Å²) in [6.07, 6.45) is 1.72. The number of amides is 1. The molecule has 0 aliphatic heterocycles. The molecule has 0 spiro atoms. The number of aromatic nitrogens is 2. The lowest BCUT2D eigenvalue weighted by atomic mass is 10.1. The van der Waals surface area contributed by atoms with E-state index in [-0.39, 0.29) is 12.5 Å². The van der Waals surface area contributed by atoms with Crippen LogP contribution in [0, 0.1) is 13.8 Å². The highest BCUT2D eigenvalue weighted by atomic mass is 16.5. The van der Waals surface area contributed by atoms with E-state index in [1.165, 1.54) is 5.56 Å². The number of aryl methyl sites for hydroxylation is 2. The van der Waals surface area contributed by atoms with Gasteiger partial charge in [0.05, 0.1) is 11.7 Å². The second-order valence-electron chi connectivity index (χ2n) is 5.28. The number of anilines is 1. The molecule has 22 heavy (non-hydrogen) atoms. The van der Waals surface area contributed by atoms with Gasteiger partial charge in [-0.15, -0.1) is 0 Å². The molecule has 2 aromatic carbocycles. The van der Waals surface area contributed by atoms with Crippen molar-refractivity contribution in [1.82, 2.24) is 10.2 Å². The average Bonchev–Trinajstić information content (AvgIpc) is 2.94. The summed E-state index contributed by atoms with van der Waals surface area (Å²) in [4.78, 5) is 12.0. The molecule has 0 saturated heterocycles. The van der Waals surface area contributed by atoms with Crippen molar-refractivity contribution in [1.29, 1.82) is 0 Å². The molecule has 0 aliphatic rings. The van der Waals surface area contributed by atoms with E-state index in [4.69, 9.17) is 4.74 Å². The predicted molar refractivity (Wildman–Crippen MR) is 86.1 cm³/mol. The van der Waals surface area contributed by atoms with Gasteiger partial charge >= 0.3 is 0 Å². The van der Waals surface area contributed by atoms with Crippen molar-refractivity contribution >= 4 is 22.5 Å². The summed E-state index contributed by atoms with van der Waals surface area (Å²) in [7, 11) is 0. The second-order valence-corrected chi connectivity index (χ2v) is 5.28. The molecule has 0 bridgehead atoms. The summed E-state index contributed by atoms with van der Waals surface area (Å²) >= 11 is 0. The van der Waals surface area contributed by atoms with E-state index in [2.05, 4.69) is 15.5 Å². The first-order chi connectivity index (χ1) is 10.6. The molecule has 0 saturated carbocycles. The standard InChI is InChI=1S/C17H17N3O2/c1-11-3-6-16(12(2)7-11)22-10-17(21)19-14-4-5-15-13(8-14)9-18-20-15/h3-9H,10H2,1-2H3,(H,18,20)(H,19,21). The summed E-state index contributed by atoms with van der Waals surface area (Å²) in [6, 6.07) is 11.5. The number of carbonyl (C=O) groups excluding carboxylic acids is 1. The average molecular weight is 295 g/mol. The first kappa shape index (κ1) is 14.1. The van der Waals surface area contributed by atoms with E-state index in [0.717, 1.165) is 27.9 Å². The van der Waals surface area contributed by atoms with Crippen molar-refractivity contribution in [2.24, 2.45) is 0 Å². The highest BCUT2D eigenvalue weighted by molar-refractivity contribution is 5.94. The summed E-state index contributed by atoms with van der Waals surface area (Å²) in [6.45, 7) is 3.97. The smallest absolute Gasteiger partial charge is 0.262 e. The third-order valence-electron chi connectivity index (χ3n) is 3.41. The van der Waals surface area contributed by atoms with Crippen molar-refractivity contribution in [2.75, 3.05) is 11.9 Å². The molecule has 0 aliphatic carbocycles. The molecule has 1 aromatic heterocycles. The van der Waals surface area contributed by atoms with Gasteiger partial charge in [-0.3, -0.25) is 9.89 Å². The number of ether oxygens (including phenoxy) is 1. The Morgan fingerprint density at radius 1 is 1.23 bits per heavy atom. The van der Waals surface area contributed by atoms with Gasteiger partial charge in [-0.1, -0.05) is 17.7 Å². The zero-order valence-electron chi connectivity index (χ0n) is 12.5. The van der Waals surface area contributed by atoms with Gasteiger partial charge in [0.2, 0.25) is 0 Å². The van der Waals surface area contributed by atoms with Gasteiger partial charge in [-0.05, 0) is 43.7 Å². The number of aromatic amines is 1. The van der Waals surface area contributed by atoms with Crippen LogP contribution in [0.3, 0.4) is 0 Å². The van der Waals surface area contributed by atoms with Crippen LogP contribution in [0.4, 0.5) is 5.69 Å². The van der Waals surface area contributed by atoms with Crippen LogP contribution >= 0.6 is 0 Å². The van der Waals surface area contributed by atoms with E-state index >= 15 is 0 Å². The van der Waals surface area contributed by atoms with Crippen molar-refractivity contribution < 1.29 is 9.53 Å². The minimum atomic E-state index is -0.192. The number of benzene rings is 2. The first-order valence-corrected chi connectivity index (χ1v) is 7.05. The number of rotatable bonds is 4. The third kappa shape index (κ3) is 3.09. The Hall–Kier alpha value is -2.82. The van der Waals surface area contributed by atoms with E-state index in [0.29, 0.717) is 0 Å². The second kappa shape index (κ2) is 5.89. The lowest BCUT2D eigenvalue weighted by Gasteiger charge is -2.10. The summed E-state index contributed by atoms with van der Waals surface area (Å²) in [5.74, 6) is 0.536. The molecule has 3 aromatic rings. The van der Waals surface area contributed by atoms with Gasteiger partial charge in [-0.2, -0.15) is 5.10 Å². The Kier molecular flexibility index (Phi) is 3.78. The lowest BCUT2D eigenvalue weighted by Crippen LogP contribution is -2.20. The molecule has 0 atom stereocenters. The molecule has 0 fully saturated rings. The van der Waals surface area contributed by atoms with Gasteiger partial charge < -0.3 is 10.1 Å². The number of fused-ring (bicyclic) bond motifs is 1. The van der Waals surface area contributed by atoms with Crippen molar-refractivity contribution in [2.45, 2.75) is 13.8 Å². The fourth-order valence-corrected chi connectivity index (χ4v) is 2.32. The Bertz CT molecular complexity index is 824. The molecule has 5 heteroatoms. The Balaban J connectivity index is 1.62. The fourth-order valence-electron chi connectivity index (χ4n) is 2.32. The van der Waals surface area contributed by atoms with E-state index in [1.54, 1.807) is 6.20 Å². The predicted octanol–water partition coefficient (Wildman–Crippen LogP) is 3.20. The molecule has 3 rings (SSSR count). The summed E-state index contributed by atoms with van der Waals surface area (Å²) in [5.41, 5.74) is 3.85. The topological polar surface area (TPSA) is 67.0 Å². The Morgan fingerprint density at radius 3 is 2.91 bits per heavy atom. The van der Waals surface area contributed by atoms with Crippen LogP contribution < -0.4 is 10.1 Å². The monoisotopic (exact) mass is 295 g/mol. The van der Waals surface area contributed by atoms with E-state index < -0.39 is 0 Å². The van der Waals surface area contributed by atoms with Gasteiger partial charge in [0.1, 0.15) is 5.75 Å². The number of hydrogen-bond donors (Lipinski definition) is 2. The van der Waals surface area contributed by atoms with Crippen molar-refractivity contribution in [3.8, 4) is 5.75 Å². The first-order valence-electron chi connectivity index (χ1n) is 7.05. The van der Waals surface area contributed by atoms with Crippen LogP contribution in [-0.2, 0) is 4.79 Å². The van der Waals surface area contributed by atoms with Crippen LogP contribution in [0.2, 0.25) is 0 Å². The zero-order chi connectivity index (χ0) is 15.5. The zero-order valence-corrected chi connectivity index (χ0v) is 12.5. The molecular formula is C17H17N3O2. The number of nitrogens with zero attached hydrogens (tertiary/aromatic N) is 1. The Morgan fingerprint density at radius 2 is 2.09 bits per heavy atom. The number of H-pyrrole nitrogens is 1. The van der Waals surface area contributed by atoms with Gasteiger partial charge in [0.15, 0.2) is 6.61 Å². The van der Waals surface area contributed by atoms with E-state index in [9.17, 15) is 4.79 Å². The SMILES string of the molecule is Cc1ccc(OCC(=O)Nc2ccc3[nH]ncc3c2)c(C)c1. The highest BCUT2D eigenvalue weighted by Gasteiger charge is 2.06. The van der Waals surface area contributed by atoms with Crippen molar-refractivity contribution in [3.05, 3.63) is 53.7 Å². The third-order valence-corrected chi connectivity index (χ3v) is 3.41. The maximum absolute atomic E-state index is 12.0. The van der Waals surface area contributed by atoms with Gasteiger partial charge in [-0.25, -0.2) is 0 Å². The normalized spacial score (nSPS) is 10.6. The molecule has 2 N–H and O–H groups in total. The van der Waals surface area contributed by atoms with Crippen LogP contribution in [0.5, 0.6) is 5.75 Å². The maximum atomic E-state index is 12.0. The van der Waals surface area contributed by atoms with Crippen LogP contribution in [0.25, 0.3) is 10.9 Å². The molecule has 112 valence electrons. The van der Waals surface area contributed by atoms with Crippen molar-refractivity contribution in [3.63, 3.8) is 0 Å². The van der Waals surface area contributed by atoms with Crippen LogP contribution in [-0.4, -0.2) is 22.7 Å². The lowest BCUT2D eigenvalue weighted by molar-refractivity contribution is -0.118. The van der Waals surface area contributed by atoms with E-state index in [1.807, 2.05) is 50.2 Å². The molecule has 0 radical (unpaired) electrons. The molecule has 5 nitrogen and oxygen atoms in total. The van der Waals surface area contributed by atoms with Crippen LogP contribution in [0.15, 0.2) is 42.6 Å². The maximum Gasteiger partial charge on any atom is 0.262 e.